The van der Waals surface area contributed by atoms with Crippen LogP contribution < -0.4 is 15.4 Å². The van der Waals surface area contributed by atoms with E-state index in [2.05, 4.69) is 10.6 Å². The first-order valence-corrected chi connectivity index (χ1v) is 8.19. The SMILES string of the molecule is O=C1CCc2cc(C(=O)NCC(O)COc3ccccc3)ccc2N1. The number of anilines is 1. The highest BCUT2D eigenvalue weighted by Gasteiger charge is 2.17. The van der Waals surface area contributed by atoms with Crippen molar-refractivity contribution in [3.05, 3.63) is 59.7 Å². The van der Waals surface area contributed by atoms with Gasteiger partial charge in [-0.15, -0.1) is 0 Å². The molecule has 130 valence electrons. The average Bonchev–Trinajstić information content (AvgIpc) is 2.64. The molecule has 0 fully saturated rings. The molecule has 25 heavy (non-hydrogen) atoms. The summed E-state index contributed by atoms with van der Waals surface area (Å²) >= 11 is 0. The molecule has 2 aromatic rings. The maximum Gasteiger partial charge on any atom is 0.251 e. The number of aryl methyl sites for hydroxylation is 1. The molecule has 0 bridgehead atoms. The van der Waals surface area contributed by atoms with Gasteiger partial charge in [-0.1, -0.05) is 18.2 Å². The molecule has 3 N–H and O–H groups in total. The van der Waals surface area contributed by atoms with Crippen LogP contribution >= 0.6 is 0 Å². The van der Waals surface area contributed by atoms with E-state index in [1.165, 1.54) is 0 Å². The van der Waals surface area contributed by atoms with Gasteiger partial charge in [0.05, 0.1) is 0 Å². The van der Waals surface area contributed by atoms with Crippen molar-refractivity contribution in [1.82, 2.24) is 5.32 Å². The molecular formula is C19H20N2O4. The van der Waals surface area contributed by atoms with Gasteiger partial charge in [0.15, 0.2) is 0 Å². The first-order valence-electron chi connectivity index (χ1n) is 8.19. The van der Waals surface area contributed by atoms with E-state index in [1.54, 1.807) is 30.3 Å². The van der Waals surface area contributed by atoms with Gasteiger partial charge >= 0.3 is 0 Å². The summed E-state index contributed by atoms with van der Waals surface area (Å²) in [6, 6.07) is 14.4. The molecule has 1 aliphatic heterocycles. The zero-order chi connectivity index (χ0) is 17.6. The number of aliphatic hydroxyl groups is 1. The van der Waals surface area contributed by atoms with Crippen LogP contribution in [0.3, 0.4) is 0 Å². The van der Waals surface area contributed by atoms with Gasteiger partial charge in [0.2, 0.25) is 5.91 Å². The Morgan fingerprint density at radius 3 is 2.80 bits per heavy atom. The number of carbonyl (C=O) groups is 2. The van der Waals surface area contributed by atoms with Gasteiger partial charge in [-0.05, 0) is 42.3 Å². The minimum absolute atomic E-state index is 0.00811. The summed E-state index contributed by atoms with van der Waals surface area (Å²) in [7, 11) is 0. The van der Waals surface area contributed by atoms with Crippen LogP contribution in [0.15, 0.2) is 48.5 Å². The van der Waals surface area contributed by atoms with Crippen LogP contribution in [0.4, 0.5) is 5.69 Å². The second kappa shape index (κ2) is 7.81. The van der Waals surface area contributed by atoms with Crippen LogP contribution in [-0.4, -0.2) is 36.2 Å². The van der Waals surface area contributed by atoms with Crippen LogP contribution in [0.1, 0.15) is 22.3 Å². The molecule has 6 heteroatoms. The lowest BCUT2D eigenvalue weighted by molar-refractivity contribution is -0.116. The molecule has 0 aromatic heterocycles. The van der Waals surface area contributed by atoms with Crippen molar-refractivity contribution in [2.24, 2.45) is 0 Å². The Morgan fingerprint density at radius 1 is 1.20 bits per heavy atom. The van der Waals surface area contributed by atoms with E-state index < -0.39 is 6.10 Å². The van der Waals surface area contributed by atoms with Crippen molar-refractivity contribution >= 4 is 17.5 Å². The summed E-state index contributed by atoms with van der Waals surface area (Å²) < 4.78 is 5.45. The number of ether oxygens (including phenoxy) is 1. The van der Waals surface area contributed by atoms with Gasteiger partial charge in [0, 0.05) is 24.2 Å². The van der Waals surface area contributed by atoms with E-state index in [0.717, 1.165) is 11.3 Å². The molecule has 1 unspecified atom stereocenters. The fourth-order valence-electron chi connectivity index (χ4n) is 2.61. The number of hydrogen-bond donors (Lipinski definition) is 3. The van der Waals surface area contributed by atoms with E-state index in [0.29, 0.717) is 24.2 Å². The van der Waals surface area contributed by atoms with Crippen LogP contribution in [0, 0.1) is 0 Å². The van der Waals surface area contributed by atoms with Crippen molar-refractivity contribution < 1.29 is 19.4 Å². The Bertz CT molecular complexity index is 761. The van der Waals surface area contributed by atoms with Gasteiger partial charge in [-0.2, -0.15) is 0 Å². The molecule has 1 atom stereocenters. The first kappa shape index (κ1) is 17.0. The molecule has 2 aromatic carbocycles. The van der Waals surface area contributed by atoms with Crippen LogP contribution in [0.25, 0.3) is 0 Å². The van der Waals surface area contributed by atoms with E-state index in [-0.39, 0.29) is 25.0 Å². The lowest BCUT2D eigenvalue weighted by Gasteiger charge is -2.18. The fourth-order valence-corrected chi connectivity index (χ4v) is 2.61. The Kier molecular flexibility index (Phi) is 5.30. The largest absolute Gasteiger partial charge is 0.491 e. The van der Waals surface area contributed by atoms with Crippen molar-refractivity contribution in [2.45, 2.75) is 18.9 Å². The number of para-hydroxylation sites is 1. The normalized spacial score (nSPS) is 14.2. The molecule has 0 saturated heterocycles. The van der Waals surface area contributed by atoms with E-state index in [4.69, 9.17) is 4.74 Å². The third-order valence-corrected chi connectivity index (χ3v) is 3.95. The minimum Gasteiger partial charge on any atom is -0.491 e. The standard InChI is InChI=1S/C19H20N2O4/c22-15(12-25-16-4-2-1-3-5-16)11-20-19(24)14-6-8-17-13(10-14)7-9-18(23)21-17/h1-6,8,10,15,22H,7,9,11-12H2,(H,20,24)(H,21,23). The zero-order valence-electron chi connectivity index (χ0n) is 13.7. The lowest BCUT2D eigenvalue weighted by Crippen LogP contribution is -2.35. The van der Waals surface area contributed by atoms with Crippen molar-refractivity contribution in [1.29, 1.82) is 0 Å². The topological polar surface area (TPSA) is 87.7 Å². The van der Waals surface area contributed by atoms with E-state index in [9.17, 15) is 14.7 Å². The molecule has 2 amide bonds. The molecule has 6 nitrogen and oxygen atoms in total. The van der Waals surface area contributed by atoms with Gasteiger partial charge in [-0.25, -0.2) is 0 Å². The molecular weight excluding hydrogens is 320 g/mol. The number of amides is 2. The lowest BCUT2D eigenvalue weighted by atomic mass is 10.00. The molecule has 0 saturated carbocycles. The highest BCUT2D eigenvalue weighted by atomic mass is 16.5. The summed E-state index contributed by atoms with van der Waals surface area (Å²) in [6.45, 7) is 0.194. The number of benzene rings is 2. The first-order chi connectivity index (χ1) is 12.1. The summed E-state index contributed by atoms with van der Waals surface area (Å²) in [5.41, 5.74) is 2.20. The van der Waals surface area contributed by atoms with E-state index in [1.807, 2.05) is 18.2 Å². The number of aliphatic hydroxyl groups excluding tert-OH is 1. The maximum atomic E-state index is 12.2. The molecule has 3 rings (SSSR count). The number of hydrogen-bond acceptors (Lipinski definition) is 4. The summed E-state index contributed by atoms with van der Waals surface area (Å²) in [5, 5.41) is 15.4. The van der Waals surface area contributed by atoms with Gasteiger partial charge in [0.1, 0.15) is 18.5 Å². The summed E-state index contributed by atoms with van der Waals surface area (Å²) in [4.78, 5) is 23.6. The van der Waals surface area contributed by atoms with Gasteiger partial charge in [-0.3, -0.25) is 9.59 Å². The molecule has 1 heterocycles. The Labute approximate surface area is 145 Å². The second-order valence-corrected chi connectivity index (χ2v) is 5.91. The molecule has 1 aliphatic rings. The predicted octanol–water partition coefficient (Wildman–Crippen LogP) is 1.74. The average molecular weight is 340 g/mol. The monoisotopic (exact) mass is 340 g/mol. The van der Waals surface area contributed by atoms with Gasteiger partial charge in [0.25, 0.3) is 5.91 Å². The quantitative estimate of drug-likeness (QED) is 0.747. The van der Waals surface area contributed by atoms with Crippen LogP contribution in [-0.2, 0) is 11.2 Å². The predicted molar refractivity (Wildman–Crippen MR) is 93.7 cm³/mol. The van der Waals surface area contributed by atoms with Crippen molar-refractivity contribution in [3.63, 3.8) is 0 Å². The number of carbonyl (C=O) groups excluding carboxylic acids is 2. The third-order valence-electron chi connectivity index (χ3n) is 3.95. The number of fused-ring (bicyclic) bond motifs is 1. The Hall–Kier alpha value is -2.86. The smallest absolute Gasteiger partial charge is 0.251 e. The van der Waals surface area contributed by atoms with E-state index >= 15 is 0 Å². The highest BCUT2D eigenvalue weighted by molar-refractivity contribution is 5.97. The Balaban J connectivity index is 1.50. The van der Waals surface area contributed by atoms with Gasteiger partial charge < -0.3 is 20.5 Å². The molecule has 0 radical (unpaired) electrons. The fraction of sp³-hybridized carbons (Fsp3) is 0.263. The summed E-state index contributed by atoms with van der Waals surface area (Å²) in [6.07, 6.45) is 0.241. The highest BCUT2D eigenvalue weighted by Crippen LogP contribution is 2.23. The number of rotatable bonds is 6. The van der Waals surface area contributed by atoms with Crippen LogP contribution in [0.5, 0.6) is 5.75 Å². The van der Waals surface area contributed by atoms with Crippen molar-refractivity contribution in [2.75, 3.05) is 18.5 Å². The molecule has 0 spiro atoms. The number of nitrogens with one attached hydrogen (secondary N) is 2. The van der Waals surface area contributed by atoms with Crippen LogP contribution in [0.2, 0.25) is 0 Å². The molecule has 0 aliphatic carbocycles. The summed E-state index contributed by atoms with van der Waals surface area (Å²) in [5.74, 6) is 0.398. The zero-order valence-corrected chi connectivity index (χ0v) is 13.7. The maximum absolute atomic E-state index is 12.2. The second-order valence-electron chi connectivity index (χ2n) is 5.91. The third kappa shape index (κ3) is 4.58. The Morgan fingerprint density at radius 2 is 2.00 bits per heavy atom. The van der Waals surface area contributed by atoms with Crippen molar-refractivity contribution in [3.8, 4) is 5.75 Å². The minimum atomic E-state index is -0.805.